The maximum absolute atomic E-state index is 2.42. The number of fused-ring (bicyclic) bond motifs is 4. The number of hydrogen-bond acceptors (Lipinski definition) is 0. The van der Waals surface area contributed by atoms with Gasteiger partial charge in [-0.1, -0.05) is 69.9 Å². The quantitative estimate of drug-likeness (QED) is 0.258. The molecule has 2 heteroatoms. The van der Waals surface area contributed by atoms with Gasteiger partial charge in [0.15, 0.2) is 24.8 Å². The van der Waals surface area contributed by atoms with Crippen molar-refractivity contribution < 1.29 is 9.13 Å². The Labute approximate surface area is 222 Å². The first-order valence-electron chi connectivity index (χ1n) is 15.5. The van der Waals surface area contributed by atoms with Gasteiger partial charge in [-0.05, 0) is 69.9 Å². The number of aryl methyl sites for hydroxylation is 4. The van der Waals surface area contributed by atoms with Gasteiger partial charge in [-0.2, -0.15) is 0 Å². The molecule has 0 spiro atoms. The van der Waals surface area contributed by atoms with Gasteiger partial charge in [-0.15, -0.1) is 0 Å². The van der Waals surface area contributed by atoms with E-state index in [1.54, 1.807) is 0 Å². The summed E-state index contributed by atoms with van der Waals surface area (Å²) in [5, 5.41) is 0. The molecule has 4 bridgehead atoms. The van der Waals surface area contributed by atoms with Crippen LogP contribution in [0.15, 0.2) is 61.2 Å². The zero-order valence-corrected chi connectivity index (χ0v) is 23.2. The van der Waals surface area contributed by atoms with Crippen LogP contribution >= 0.6 is 0 Å². The molecule has 36 heavy (non-hydrogen) atoms. The zero-order chi connectivity index (χ0) is 24.9. The van der Waals surface area contributed by atoms with E-state index in [1.807, 2.05) is 0 Å². The first-order chi connectivity index (χ1) is 17.9. The highest BCUT2D eigenvalue weighted by atomic mass is 14.9. The summed E-state index contributed by atoms with van der Waals surface area (Å²) in [5.74, 6) is 0. The third kappa shape index (κ3) is 13.4. The maximum atomic E-state index is 2.42. The zero-order valence-electron chi connectivity index (χ0n) is 23.2. The van der Waals surface area contributed by atoms with Gasteiger partial charge in [0.1, 0.15) is 13.1 Å². The van der Waals surface area contributed by atoms with Crippen LogP contribution in [0.5, 0.6) is 0 Å². The maximum Gasteiger partial charge on any atom is 0.171 e. The lowest BCUT2D eigenvalue weighted by atomic mass is 10.0. The molecule has 0 atom stereocenters. The molecule has 2 aromatic rings. The summed E-state index contributed by atoms with van der Waals surface area (Å²) in [6.45, 7) is 2.34. The summed E-state index contributed by atoms with van der Waals surface area (Å²) in [7, 11) is 0. The van der Waals surface area contributed by atoms with Gasteiger partial charge < -0.3 is 0 Å². The minimum absolute atomic E-state index is 1.16. The lowest BCUT2D eigenvalue weighted by molar-refractivity contribution is -0.697. The molecule has 0 unspecified atom stereocenters. The smallest absolute Gasteiger partial charge is 0.171 e. The summed E-state index contributed by atoms with van der Waals surface area (Å²) in [4.78, 5) is 0. The van der Waals surface area contributed by atoms with E-state index >= 15 is 0 Å². The second-order valence-electron chi connectivity index (χ2n) is 11.1. The minimum Gasteiger partial charge on any atom is -0.205 e. The third-order valence-corrected chi connectivity index (χ3v) is 7.76. The van der Waals surface area contributed by atoms with Crippen molar-refractivity contribution in [3.8, 4) is 0 Å². The number of aromatic nitrogens is 2. The number of nitrogens with zero attached hydrogens (tertiary/aromatic N) is 2. The minimum atomic E-state index is 1.16. The molecule has 0 fully saturated rings. The highest BCUT2D eigenvalue weighted by Gasteiger charge is 2.05. The van der Waals surface area contributed by atoms with Crippen LogP contribution in [-0.4, -0.2) is 0 Å². The average Bonchev–Trinajstić information content (AvgIpc) is 2.90. The van der Waals surface area contributed by atoms with Crippen LogP contribution in [0.2, 0.25) is 0 Å². The lowest BCUT2D eigenvalue weighted by Crippen LogP contribution is -2.33. The van der Waals surface area contributed by atoms with Crippen molar-refractivity contribution in [2.45, 2.75) is 142 Å². The van der Waals surface area contributed by atoms with Gasteiger partial charge in [0.05, 0.1) is 0 Å². The van der Waals surface area contributed by atoms with Crippen molar-refractivity contribution in [3.63, 3.8) is 0 Å². The Balaban J connectivity index is 1.39. The van der Waals surface area contributed by atoms with Gasteiger partial charge in [0.2, 0.25) is 0 Å². The van der Waals surface area contributed by atoms with Crippen molar-refractivity contribution in [2.75, 3.05) is 0 Å². The van der Waals surface area contributed by atoms with Crippen LogP contribution < -0.4 is 9.13 Å². The van der Waals surface area contributed by atoms with E-state index in [4.69, 9.17) is 0 Å². The molecule has 1 aliphatic rings. The van der Waals surface area contributed by atoms with E-state index < -0.39 is 0 Å². The van der Waals surface area contributed by atoms with Crippen LogP contribution in [-0.2, 0) is 25.9 Å². The predicted molar refractivity (Wildman–Crippen MR) is 153 cm³/mol. The number of rotatable bonds is 0. The molecule has 0 aromatic carbocycles. The van der Waals surface area contributed by atoms with Gasteiger partial charge >= 0.3 is 0 Å². The molecule has 0 saturated carbocycles. The SMILES string of the molecule is C1=CCCCC[n+]2cccc(c2)CCCCCCCCCCCC[n+]2cccc(c2)CCCCCC1. The lowest BCUT2D eigenvalue weighted by Gasteiger charge is -2.04. The molecule has 3 heterocycles. The Morgan fingerprint density at radius 1 is 0.417 bits per heavy atom. The Hall–Kier alpha value is -1.96. The van der Waals surface area contributed by atoms with E-state index in [-0.39, 0.29) is 0 Å². The van der Waals surface area contributed by atoms with Gasteiger partial charge in [0, 0.05) is 36.1 Å². The fourth-order valence-corrected chi connectivity index (χ4v) is 5.50. The standard InChI is InChI=1S/C34H54N2/c1-3-7-11-15-19-27-35-29-22-26-34(32-35)24-18-14-10-6-2-4-8-12-16-20-28-36-30-21-25-33(31-36)23-17-13-9-5-1/h3,7,21-22,25-26,29-32H,1-2,4-6,8-20,23-24,27-28H2/q+2. The fourth-order valence-electron chi connectivity index (χ4n) is 5.50. The first-order valence-corrected chi connectivity index (χ1v) is 15.5. The molecular weight excluding hydrogens is 436 g/mol. The molecule has 3 rings (SSSR count). The van der Waals surface area contributed by atoms with Crippen LogP contribution in [0.1, 0.15) is 127 Å². The molecule has 0 N–H and O–H groups in total. The van der Waals surface area contributed by atoms with Gasteiger partial charge in [-0.3, -0.25) is 0 Å². The van der Waals surface area contributed by atoms with E-state index in [2.05, 4.69) is 70.3 Å². The average molecular weight is 491 g/mol. The monoisotopic (exact) mass is 490 g/mol. The topological polar surface area (TPSA) is 7.76 Å². The second kappa shape index (κ2) is 19.2. The highest BCUT2D eigenvalue weighted by Crippen LogP contribution is 2.13. The van der Waals surface area contributed by atoms with Crippen molar-refractivity contribution in [1.82, 2.24) is 0 Å². The van der Waals surface area contributed by atoms with E-state index in [9.17, 15) is 0 Å². The van der Waals surface area contributed by atoms with E-state index in [0.717, 1.165) is 6.54 Å². The first kappa shape index (κ1) is 28.6. The van der Waals surface area contributed by atoms with Crippen molar-refractivity contribution in [2.24, 2.45) is 0 Å². The van der Waals surface area contributed by atoms with Gasteiger partial charge in [0.25, 0.3) is 0 Å². The number of hydrogen-bond donors (Lipinski definition) is 0. The number of allylic oxidation sites excluding steroid dienone is 2. The van der Waals surface area contributed by atoms with Crippen molar-refractivity contribution in [1.29, 1.82) is 0 Å². The second-order valence-corrected chi connectivity index (χ2v) is 11.1. The van der Waals surface area contributed by atoms with Crippen LogP contribution in [0.25, 0.3) is 0 Å². The Morgan fingerprint density at radius 2 is 0.806 bits per heavy atom. The van der Waals surface area contributed by atoms with E-state index in [1.165, 1.54) is 146 Å². The molecule has 0 saturated heterocycles. The van der Waals surface area contributed by atoms with E-state index in [0.29, 0.717) is 0 Å². The molecule has 198 valence electrons. The fraction of sp³-hybridized carbons (Fsp3) is 0.647. The van der Waals surface area contributed by atoms with Crippen molar-refractivity contribution >= 4 is 0 Å². The summed E-state index contributed by atoms with van der Waals surface area (Å²) in [6, 6.07) is 9.13. The van der Waals surface area contributed by atoms with Crippen molar-refractivity contribution in [3.05, 3.63) is 72.3 Å². The largest absolute Gasteiger partial charge is 0.205 e. The highest BCUT2D eigenvalue weighted by molar-refractivity contribution is 5.05. The summed E-state index contributed by atoms with van der Waals surface area (Å²) >= 11 is 0. The van der Waals surface area contributed by atoms with Crippen LogP contribution in [0, 0.1) is 0 Å². The molecule has 0 radical (unpaired) electrons. The number of pyridine rings is 2. The predicted octanol–water partition coefficient (Wildman–Crippen LogP) is 8.64. The molecule has 1 aliphatic heterocycles. The molecule has 0 aliphatic carbocycles. The Morgan fingerprint density at radius 3 is 1.33 bits per heavy atom. The van der Waals surface area contributed by atoms with Crippen LogP contribution in [0.3, 0.4) is 0 Å². The Kier molecular flexibility index (Phi) is 15.3. The molecular formula is C34H54N2+2. The summed E-state index contributed by atoms with van der Waals surface area (Å²) in [6.07, 6.45) is 41.0. The van der Waals surface area contributed by atoms with Crippen LogP contribution in [0.4, 0.5) is 0 Å². The molecule has 2 aromatic heterocycles. The molecule has 2 nitrogen and oxygen atoms in total. The Bertz CT molecular complexity index is 841. The summed E-state index contributed by atoms with van der Waals surface area (Å²) < 4.78 is 4.83. The molecule has 0 amide bonds. The third-order valence-electron chi connectivity index (χ3n) is 7.76. The van der Waals surface area contributed by atoms with Gasteiger partial charge in [-0.25, -0.2) is 9.13 Å². The normalized spacial score (nSPS) is 19.3. The summed E-state index contributed by atoms with van der Waals surface area (Å²) in [5.41, 5.74) is 3.03.